The zero-order valence-corrected chi connectivity index (χ0v) is 12.6. The molecule has 1 unspecified atom stereocenters. The van der Waals surface area contributed by atoms with Crippen molar-refractivity contribution >= 4 is 0 Å². The van der Waals surface area contributed by atoms with Crippen LogP contribution >= 0.6 is 0 Å². The standard InChI is InChI=1S/C15H28N4/c1-4-6-7-8-9-10-15(17-16)13-11-12(3)18-19-14(13)5-2/h11,15,17H,4-10,16H2,1-3H3. The van der Waals surface area contributed by atoms with Crippen LogP contribution in [0.25, 0.3) is 0 Å². The fraction of sp³-hybridized carbons (Fsp3) is 0.733. The Kier molecular flexibility index (Phi) is 7.60. The molecule has 0 aliphatic rings. The number of aryl methyl sites for hydroxylation is 2. The van der Waals surface area contributed by atoms with E-state index in [0.717, 1.165) is 24.2 Å². The van der Waals surface area contributed by atoms with Crippen molar-refractivity contribution in [2.75, 3.05) is 0 Å². The lowest BCUT2D eigenvalue weighted by atomic mass is 9.98. The van der Waals surface area contributed by atoms with Crippen molar-refractivity contribution < 1.29 is 0 Å². The van der Waals surface area contributed by atoms with E-state index >= 15 is 0 Å². The van der Waals surface area contributed by atoms with Crippen molar-refractivity contribution in [1.29, 1.82) is 0 Å². The molecule has 19 heavy (non-hydrogen) atoms. The molecule has 1 rings (SSSR count). The van der Waals surface area contributed by atoms with Crippen molar-refractivity contribution in [2.24, 2.45) is 5.84 Å². The van der Waals surface area contributed by atoms with Gasteiger partial charge < -0.3 is 0 Å². The van der Waals surface area contributed by atoms with Gasteiger partial charge in [0.15, 0.2) is 0 Å². The first-order chi connectivity index (χ1) is 9.22. The van der Waals surface area contributed by atoms with Crippen LogP contribution in [0.2, 0.25) is 0 Å². The van der Waals surface area contributed by atoms with Gasteiger partial charge in [-0.3, -0.25) is 11.3 Å². The summed E-state index contributed by atoms with van der Waals surface area (Å²) in [7, 11) is 0. The van der Waals surface area contributed by atoms with Crippen LogP contribution in [0.15, 0.2) is 6.07 Å². The fourth-order valence-electron chi connectivity index (χ4n) is 2.39. The summed E-state index contributed by atoms with van der Waals surface area (Å²) >= 11 is 0. The maximum absolute atomic E-state index is 5.72. The lowest BCUT2D eigenvalue weighted by molar-refractivity contribution is 0.473. The summed E-state index contributed by atoms with van der Waals surface area (Å²) in [6.07, 6.45) is 8.39. The molecule has 108 valence electrons. The Hall–Kier alpha value is -1.00. The Labute approximate surface area is 117 Å². The summed E-state index contributed by atoms with van der Waals surface area (Å²) in [6, 6.07) is 2.31. The highest BCUT2D eigenvalue weighted by molar-refractivity contribution is 5.24. The van der Waals surface area contributed by atoms with Crippen LogP contribution in [0.4, 0.5) is 0 Å². The SMILES string of the molecule is CCCCCCCC(NN)c1cc(C)nnc1CC. The quantitative estimate of drug-likeness (QED) is 0.408. The van der Waals surface area contributed by atoms with Gasteiger partial charge in [-0.05, 0) is 31.4 Å². The van der Waals surface area contributed by atoms with Crippen molar-refractivity contribution in [1.82, 2.24) is 15.6 Å². The molecule has 4 heteroatoms. The summed E-state index contributed by atoms with van der Waals surface area (Å²) in [4.78, 5) is 0. The van der Waals surface area contributed by atoms with Gasteiger partial charge >= 0.3 is 0 Å². The molecule has 1 atom stereocenters. The smallest absolute Gasteiger partial charge is 0.0676 e. The molecule has 0 aromatic carbocycles. The Morgan fingerprint density at radius 3 is 2.53 bits per heavy atom. The minimum atomic E-state index is 0.200. The van der Waals surface area contributed by atoms with Crippen LogP contribution in [0.3, 0.4) is 0 Å². The number of nitrogens with two attached hydrogens (primary N) is 1. The predicted octanol–water partition coefficient (Wildman–Crippen LogP) is 3.21. The number of hydrogen-bond acceptors (Lipinski definition) is 4. The summed E-state index contributed by atoms with van der Waals surface area (Å²) in [5.74, 6) is 5.72. The summed E-state index contributed by atoms with van der Waals surface area (Å²) in [5.41, 5.74) is 6.17. The van der Waals surface area contributed by atoms with Crippen molar-refractivity contribution in [3.63, 3.8) is 0 Å². The molecule has 1 aromatic heterocycles. The van der Waals surface area contributed by atoms with Crippen LogP contribution in [0.5, 0.6) is 0 Å². The van der Waals surface area contributed by atoms with E-state index in [1.54, 1.807) is 0 Å². The van der Waals surface area contributed by atoms with E-state index in [4.69, 9.17) is 5.84 Å². The number of unbranched alkanes of at least 4 members (excludes halogenated alkanes) is 4. The molecule has 3 N–H and O–H groups in total. The Bertz CT molecular complexity index is 365. The molecule has 1 heterocycles. The number of hydrazine groups is 1. The number of aromatic nitrogens is 2. The second-order valence-electron chi connectivity index (χ2n) is 5.16. The van der Waals surface area contributed by atoms with E-state index in [9.17, 15) is 0 Å². The summed E-state index contributed by atoms with van der Waals surface area (Å²) in [5, 5.41) is 8.41. The topological polar surface area (TPSA) is 63.8 Å². The van der Waals surface area contributed by atoms with Gasteiger partial charge in [0.2, 0.25) is 0 Å². The third-order valence-electron chi connectivity index (χ3n) is 3.53. The third kappa shape index (κ3) is 5.25. The number of nitrogens with one attached hydrogen (secondary N) is 1. The first-order valence-corrected chi connectivity index (χ1v) is 7.52. The number of rotatable bonds is 9. The average molecular weight is 264 g/mol. The zero-order valence-electron chi connectivity index (χ0n) is 12.6. The van der Waals surface area contributed by atoms with Crippen molar-refractivity contribution in [2.45, 2.75) is 71.8 Å². The van der Waals surface area contributed by atoms with E-state index in [0.29, 0.717) is 0 Å². The molecule has 0 spiro atoms. The highest BCUT2D eigenvalue weighted by atomic mass is 15.2. The predicted molar refractivity (Wildman–Crippen MR) is 79.6 cm³/mol. The Balaban J connectivity index is 2.60. The maximum atomic E-state index is 5.72. The molecular weight excluding hydrogens is 236 g/mol. The Morgan fingerprint density at radius 1 is 1.16 bits per heavy atom. The highest BCUT2D eigenvalue weighted by Crippen LogP contribution is 2.22. The fourth-order valence-corrected chi connectivity index (χ4v) is 2.39. The molecule has 0 aliphatic carbocycles. The second kappa shape index (κ2) is 8.99. The molecule has 4 nitrogen and oxygen atoms in total. The molecule has 0 fully saturated rings. The van der Waals surface area contributed by atoms with Gasteiger partial charge in [0, 0.05) is 6.04 Å². The van der Waals surface area contributed by atoms with E-state index in [1.807, 2.05) is 6.92 Å². The summed E-state index contributed by atoms with van der Waals surface area (Å²) in [6.45, 7) is 6.33. The molecule has 0 amide bonds. The normalized spacial score (nSPS) is 12.6. The zero-order chi connectivity index (χ0) is 14.1. The molecule has 0 radical (unpaired) electrons. The number of hydrogen-bond donors (Lipinski definition) is 2. The first kappa shape index (κ1) is 16.1. The van der Waals surface area contributed by atoms with Gasteiger partial charge in [0.25, 0.3) is 0 Å². The highest BCUT2D eigenvalue weighted by Gasteiger charge is 2.14. The van der Waals surface area contributed by atoms with Gasteiger partial charge in [-0.25, -0.2) is 0 Å². The van der Waals surface area contributed by atoms with E-state index in [2.05, 4.69) is 35.5 Å². The summed E-state index contributed by atoms with van der Waals surface area (Å²) < 4.78 is 0. The molecule has 0 saturated carbocycles. The van der Waals surface area contributed by atoms with Crippen LogP contribution < -0.4 is 11.3 Å². The van der Waals surface area contributed by atoms with Crippen molar-refractivity contribution in [3.8, 4) is 0 Å². The largest absolute Gasteiger partial charge is 0.271 e. The van der Waals surface area contributed by atoms with Crippen molar-refractivity contribution in [3.05, 3.63) is 23.0 Å². The maximum Gasteiger partial charge on any atom is 0.0676 e. The van der Waals surface area contributed by atoms with Gasteiger partial charge in [-0.15, -0.1) is 0 Å². The number of nitrogens with zero attached hydrogens (tertiary/aromatic N) is 2. The van der Waals surface area contributed by atoms with Gasteiger partial charge in [0.05, 0.1) is 11.4 Å². The van der Waals surface area contributed by atoms with Crippen LogP contribution in [0.1, 0.15) is 75.4 Å². The molecule has 0 bridgehead atoms. The van der Waals surface area contributed by atoms with E-state index in [1.165, 1.54) is 37.7 Å². The molecular formula is C15H28N4. The Morgan fingerprint density at radius 2 is 1.89 bits per heavy atom. The van der Waals surface area contributed by atoms with Crippen LogP contribution in [0, 0.1) is 6.92 Å². The van der Waals surface area contributed by atoms with Gasteiger partial charge in [-0.2, -0.15) is 10.2 Å². The van der Waals surface area contributed by atoms with Gasteiger partial charge in [0.1, 0.15) is 0 Å². The monoisotopic (exact) mass is 264 g/mol. The second-order valence-corrected chi connectivity index (χ2v) is 5.16. The van der Waals surface area contributed by atoms with Crippen LogP contribution in [-0.4, -0.2) is 10.2 Å². The minimum Gasteiger partial charge on any atom is -0.271 e. The van der Waals surface area contributed by atoms with E-state index in [-0.39, 0.29) is 6.04 Å². The van der Waals surface area contributed by atoms with E-state index < -0.39 is 0 Å². The third-order valence-corrected chi connectivity index (χ3v) is 3.53. The lowest BCUT2D eigenvalue weighted by Gasteiger charge is -2.18. The van der Waals surface area contributed by atoms with Crippen LogP contribution in [-0.2, 0) is 6.42 Å². The first-order valence-electron chi connectivity index (χ1n) is 7.52. The molecule has 0 aliphatic heterocycles. The average Bonchev–Trinajstić information content (AvgIpc) is 2.43. The molecule has 0 saturated heterocycles. The minimum absolute atomic E-state index is 0.200. The molecule has 1 aromatic rings. The lowest BCUT2D eigenvalue weighted by Crippen LogP contribution is -2.29. The van der Waals surface area contributed by atoms with Gasteiger partial charge in [-0.1, -0.05) is 46.0 Å².